The van der Waals surface area contributed by atoms with Gasteiger partial charge in [-0.15, -0.1) is 0 Å². The molecule has 0 heterocycles. The van der Waals surface area contributed by atoms with E-state index in [1.54, 1.807) is 0 Å². The topological polar surface area (TPSA) is 23.5 Å². The summed E-state index contributed by atoms with van der Waals surface area (Å²) in [7, 11) is 0. The molecule has 0 aromatic heterocycles. The average Bonchev–Trinajstić information content (AvgIpc) is 2.48. The molecule has 0 saturated heterocycles. The first kappa shape index (κ1) is 15.1. The first-order chi connectivity index (χ1) is 10.3. The van der Waals surface area contributed by atoms with Crippen LogP contribution in [0.25, 0.3) is 0 Å². The van der Waals surface area contributed by atoms with E-state index in [1.807, 2.05) is 0 Å². The van der Waals surface area contributed by atoms with E-state index >= 15 is 0 Å². The molecular weight excluding hydrogens is 258 g/mol. The van der Waals surface area contributed by atoms with E-state index < -0.39 is 0 Å². The maximum absolute atomic E-state index is 10.5. The summed E-state index contributed by atoms with van der Waals surface area (Å²) in [6.45, 7) is 4.51. The molecule has 0 radical (unpaired) electrons. The number of likely N-dealkylation sites (N-methyl/N-ethyl adjacent to an activating group) is 1. The highest BCUT2D eigenvalue weighted by molar-refractivity contribution is 5.20. The average molecular weight is 287 g/mol. The third-order valence-electron chi connectivity index (χ3n) is 5.64. The summed E-state index contributed by atoms with van der Waals surface area (Å²) in [5.74, 6) is 1.50. The molecule has 0 bridgehead atoms. The van der Waals surface area contributed by atoms with Crippen molar-refractivity contribution in [1.29, 1.82) is 0 Å². The van der Waals surface area contributed by atoms with Crippen molar-refractivity contribution in [3.8, 4) is 0 Å². The molecule has 1 N–H and O–H groups in total. The van der Waals surface area contributed by atoms with Gasteiger partial charge in [0.05, 0.1) is 6.10 Å². The molecule has 1 aromatic rings. The Balaban J connectivity index is 1.67. The molecule has 2 heteroatoms. The summed E-state index contributed by atoms with van der Waals surface area (Å²) in [5, 5.41) is 10.5. The molecule has 21 heavy (non-hydrogen) atoms. The largest absolute Gasteiger partial charge is 0.391 e. The summed E-state index contributed by atoms with van der Waals surface area (Å²) >= 11 is 0. The molecular formula is C19H29NO. The summed E-state index contributed by atoms with van der Waals surface area (Å²) in [6.07, 6.45) is 7.25. The minimum atomic E-state index is -0.134. The van der Waals surface area contributed by atoms with E-state index in [-0.39, 0.29) is 6.10 Å². The number of hydrogen-bond acceptors (Lipinski definition) is 2. The second-order valence-corrected chi connectivity index (χ2v) is 6.94. The van der Waals surface area contributed by atoms with E-state index in [4.69, 9.17) is 0 Å². The van der Waals surface area contributed by atoms with Gasteiger partial charge in [0.15, 0.2) is 0 Å². The van der Waals surface area contributed by atoms with Crippen LogP contribution < -0.4 is 0 Å². The van der Waals surface area contributed by atoms with Gasteiger partial charge in [-0.25, -0.2) is 0 Å². The highest BCUT2D eigenvalue weighted by Gasteiger charge is 2.34. The van der Waals surface area contributed by atoms with Crippen LogP contribution in [0.2, 0.25) is 0 Å². The molecule has 3 atom stereocenters. The van der Waals surface area contributed by atoms with Gasteiger partial charge in [-0.05, 0) is 56.0 Å². The molecule has 2 saturated carbocycles. The van der Waals surface area contributed by atoms with Crippen molar-refractivity contribution in [3.05, 3.63) is 35.9 Å². The van der Waals surface area contributed by atoms with Gasteiger partial charge < -0.3 is 5.11 Å². The van der Waals surface area contributed by atoms with Gasteiger partial charge in [-0.1, -0.05) is 43.7 Å². The molecule has 2 aliphatic rings. The number of aliphatic hydroxyl groups excluding tert-OH is 1. The lowest BCUT2D eigenvalue weighted by Gasteiger charge is -2.43. The van der Waals surface area contributed by atoms with Crippen molar-refractivity contribution >= 4 is 0 Å². The van der Waals surface area contributed by atoms with Gasteiger partial charge >= 0.3 is 0 Å². The van der Waals surface area contributed by atoms with E-state index in [1.165, 1.54) is 31.4 Å². The quantitative estimate of drug-likeness (QED) is 0.890. The number of nitrogens with zero attached hydrogens (tertiary/aromatic N) is 1. The smallest absolute Gasteiger partial charge is 0.0695 e. The normalized spacial score (nSPS) is 30.3. The lowest BCUT2D eigenvalue weighted by molar-refractivity contribution is 0.00315. The van der Waals surface area contributed by atoms with Crippen molar-refractivity contribution < 1.29 is 5.11 Å². The second-order valence-electron chi connectivity index (χ2n) is 6.94. The molecule has 3 unspecified atom stereocenters. The van der Waals surface area contributed by atoms with Crippen LogP contribution in [-0.2, 0) is 0 Å². The molecule has 0 spiro atoms. The van der Waals surface area contributed by atoms with Crippen molar-refractivity contribution in [2.45, 2.75) is 63.5 Å². The van der Waals surface area contributed by atoms with E-state index in [0.29, 0.717) is 12.0 Å². The summed E-state index contributed by atoms with van der Waals surface area (Å²) in [4.78, 5) is 2.56. The molecule has 0 amide bonds. The molecule has 0 aliphatic heterocycles. The molecule has 3 rings (SSSR count). The Bertz CT molecular complexity index is 428. The van der Waals surface area contributed by atoms with Crippen molar-refractivity contribution in [1.82, 2.24) is 4.90 Å². The van der Waals surface area contributed by atoms with Crippen LogP contribution in [0.3, 0.4) is 0 Å². The number of hydrogen-bond donors (Lipinski definition) is 1. The van der Waals surface area contributed by atoms with Crippen LogP contribution >= 0.6 is 0 Å². The first-order valence-electron chi connectivity index (χ1n) is 8.75. The van der Waals surface area contributed by atoms with Crippen LogP contribution in [0.1, 0.15) is 56.9 Å². The monoisotopic (exact) mass is 287 g/mol. The van der Waals surface area contributed by atoms with Crippen LogP contribution in [0.5, 0.6) is 0 Å². The first-order valence-corrected chi connectivity index (χ1v) is 8.75. The van der Waals surface area contributed by atoms with Crippen LogP contribution in [0.15, 0.2) is 30.3 Å². The summed E-state index contributed by atoms with van der Waals surface area (Å²) in [6, 6.07) is 11.2. The Morgan fingerprint density at radius 1 is 1.10 bits per heavy atom. The fourth-order valence-electron chi connectivity index (χ4n) is 4.06. The number of rotatable bonds is 5. The zero-order valence-corrected chi connectivity index (χ0v) is 13.2. The van der Waals surface area contributed by atoms with Gasteiger partial charge in [0.25, 0.3) is 0 Å². The maximum atomic E-state index is 10.5. The molecule has 2 aliphatic carbocycles. The number of aliphatic hydroxyl groups is 1. The third kappa shape index (κ3) is 3.49. The van der Waals surface area contributed by atoms with Crippen LogP contribution in [-0.4, -0.2) is 35.2 Å². The molecule has 116 valence electrons. The molecule has 2 nitrogen and oxygen atoms in total. The molecule has 1 aromatic carbocycles. The maximum Gasteiger partial charge on any atom is 0.0695 e. The fourth-order valence-corrected chi connectivity index (χ4v) is 4.06. The Kier molecular flexibility index (Phi) is 4.97. The van der Waals surface area contributed by atoms with Gasteiger partial charge in [0, 0.05) is 12.6 Å². The highest BCUT2D eigenvalue weighted by Crippen LogP contribution is 2.36. The molecule has 2 fully saturated rings. The standard InChI is InChI=1S/C19H29NO/c1-2-20(14-15-7-6-8-15)18-13-17(11-12-19(18)21)16-9-4-3-5-10-16/h3-5,9-10,15,17-19,21H,2,6-8,11-14H2,1H3. The van der Waals surface area contributed by atoms with E-state index in [2.05, 4.69) is 42.2 Å². The van der Waals surface area contributed by atoms with Crippen molar-refractivity contribution in [3.63, 3.8) is 0 Å². The predicted octanol–water partition coefficient (Wildman–Crippen LogP) is 3.81. The zero-order chi connectivity index (χ0) is 14.7. The Labute approximate surface area is 129 Å². The third-order valence-corrected chi connectivity index (χ3v) is 5.64. The van der Waals surface area contributed by atoms with Crippen molar-refractivity contribution in [2.75, 3.05) is 13.1 Å². The zero-order valence-electron chi connectivity index (χ0n) is 13.2. The minimum absolute atomic E-state index is 0.134. The lowest BCUT2D eigenvalue weighted by Crippen LogP contribution is -2.49. The van der Waals surface area contributed by atoms with Gasteiger partial charge in [0.1, 0.15) is 0 Å². The van der Waals surface area contributed by atoms with Crippen molar-refractivity contribution in [2.24, 2.45) is 5.92 Å². The number of benzene rings is 1. The minimum Gasteiger partial charge on any atom is -0.391 e. The predicted molar refractivity (Wildman–Crippen MR) is 87.4 cm³/mol. The lowest BCUT2D eigenvalue weighted by atomic mass is 9.78. The summed E-state index contributed by atoms with van der Waals surface area (Å²) < 4.78 is 0. The Morgan fingerprint density at radius 3 is 2.48 bits per heavy atom. The summed E-state index contributed by atoms with van der Waals surface area (Å²) in [5.41, 5.74) is 1.45. The Morgan fingerprint density at radius 2 is 1.86 bits per heavy atom. The second kappa shape index (κ2) is 6.93. The van der Waals surface area contributed by atoms with Gasteiger partial charge in [0.2, 0.25) is 0 Å². The fraction of sp³-hybridized carbons (Fsp3) is 0.684. The Hall–Kier alpha value is -0.860. The van der Waals surface area contributed by atoms with E-state index in [0.717, 1.165) is 31.7 Å². The SMILES string of the molecule is CCN(CC1CCC1)C1CC(c2ccccc2)CCC1O. The van der Waals surface area contributed by atoms with Gasteiger partial charge in [-0.2, -0.15) is 0 Å². The van der Waals surface area contributed by atoms with Crippen LogP contribution in [0, 0.1) is 5.92 Å². The highest BCUT2D eigenvalue weighted by atomic mass is 16.3. The van der Waals surface area contributed by atoms with Gasteiger partial charge in [-0.3, -0.25) is 4.90 Å². The van der Waals surface area contributed by atoms with E-state index in [9.17, 15) is 5.11 Å². The van der Waals surface area contributed by atoms with Crippen LogP contribution in [0.4, 0.5) is 0 Å².